The Kier molecular flexibility index (Phi) is 4.49. The van der Waals surface area contributed by atoms with Crippen molar-refractivity contribution in [1.29, 1.82) is 5.26 Å². The number of nitrogens with zero attached hydrogens (tertiary/aromatic N) is 1. The molecule has 2 aromatic carbocycles. The van der Waals surface area contributed by atoms with Crippen molar-refractivity contribution in [2.75, 3.05) is 5.32 Å². The Morgan fingerprint density at radius 1 is 1.20 bits per heavy atom. The Morgan fingerprint density at radius 2 is 1.95 bits per heavy atom. The molecular weight excluding hydrogens is 298 g/mol. The summed E-state index contributed by atoms with van der Waals surface area (Å²) in [5, 5.41) is 12.8. The predicted molar refractivity (Wildman–Crippen MR) is 79.6 cm³/mol. The van der Waals surface area contributed by atoms with Crippen molar-refractivity contribution in [1.82, 2.24) is 0 Å². The molecule has 2 rings (SSSR count). The van der Waals surface area contributed by atoms with Crippen LogP contribution in [0.2, 0.25) is 10.0 Å². The molecule has 1 unspecified atom stereocenters. The molecule has 0 spiro atoms. The first-order chi connectivity index (χ1) is 9.51. The van der Waals surface area contributed by atoms with Crippen LogP contribution in [0.15, 0.2) is 36.4 Å². The standard InChI is InChI=1S/C15H11Cl2FN2/c1-9(10-3-5-13(17)14(18)6-10)20-15-7-12(16)4-2-11(15)8-19/h2-7,9,20H,1H3. The van der Waals surface area contributed by atoms with Crippen LogP contribution in [0.1, 0.15) is 24.1 Å². The van der Waals surface area contributed by atoms with E-state index in [1.807, 2.05) is 6.92 Å². The smallest absolute Gasteiger partial charge is 0.142 e. The molecular formula is C15H11Cl2FN2. The zero-order valence-corrected chi connectivity index (χ0v) is 12.1. The molecule has 0 aliphatic carbocycles. The maximum Gasteiger partial charge on any atom is 0.142 e. The summed E-state index contributed by atoms with van der Waals surface area (Å²) in [6.07, 6.45) is 0. The van der Waals surface area contributed by atoms with E-state index in [4.69, 9.17) is 28.5 Å². The number of benzene rings is 2. The summed E-state index contributed by atoms with van der Waals surface area (Å²) >= 11 is 11.6. The number of halogens is 3. The third-order valence-corrected chi connectivity index (χ3v) is 3.46. The second-order valence-corrected chi connectivity index (χ2v) is 5.18. The van der Waals surface area contributed by atoms with Crippen LogP contribution in [-0.2, 0) is 0 Å². The number of nitrogens with one attached hydrogen (secondary N) is 1. The summed E-state index contributed by atoms with van der Waals surface area (Å²) in [7, 11) is 0. The fourth-order valence-corrected chi connectivity index (χ4v) is 2.12. The lowest BCUT2D eigenvalue weighted by Crippen LogP contribution is -2.08. The summed E-state index contributed by atoms with van der Waals surface area (Å²) in [6, 6.07) is 11.5. The third-order valence-electron chi connectivity index (χ3n) is 2.92. The molecule has 2 nitrogen and oxygen atoms in total. The molecule has 0 aliphatic heterocycles. The number of nitriles is 1. The van der Waals surface area contributed by atoms with Crippen molar-refractivity contribution >= 4 is 28.9 Å². The van der Waals surface area contributed by atoms with Crippen molar-refractivity contribution in [3.05, 3.63) is 63.4 Å². The van der Waals surface area contributed by atoms with E-state index in [9.17, 15) is 4.39 Å². The van der Waals surface area contributed by atoms with Gasteiger partial charge in [0.2, 0.25) is 0 Å². The molecule has 0 radical (unpaired) electrons. The van der Waals surface area contributed by atoms with E-state index in [2.05, 4.69) is 11.4 Å². The van der Waals surface area contributed by atoms with Gasteiger partial charge in [0.1, 0.15) is 11.9 Å². The van der Waals surface area contributed by atoms with Crippen molar-refractivity contribution in [3.63, 3.8) is 0 Å². The van der Waals surface area contributed by atoms with E-state index in [1.54, 1.807) is 24.3 Å². The van der Waals surface area contributed by atoms with Gasteiger partial charge in [-0.05, 0) is 42.8 Å². The van der Waals surface area contributed by atoms with Crippen LogP contribution in [0.3, 0.4) is 0 Å². The summed E-state index contributed by atoms with van der Waals surface area (Å²) in [5.74, 6) is -0.468. The van der Waals surface area contributed by atoms with Crippen LogP contribution < -0.4 is 5.32 Å². The molecule has 2 aromatic rings. The van der Waals surface area contributed by atoms with Gasteiger partial charge in [-0.2, -0.15) is 5.26 Å². The average molecular weight is 309 g/mol. The minimum atomic E-state index is -0.468. The summed E-state index contributed by atoms with van der Waals surface area (Å²) in [5.41, 5.74) is 1.83. The Labute approximate surface area is 126 Å². The Morgan fingerprint density at radius 3 is 2.60 bits per heavy atom. The van der Waals surface area contributed by atoms with Gasteiger partial charge >= 0.3 is 0 Å². The van der Waals surface area contributed by atoms with Gasteiger partial charge in [-0.3, -0.25) is 0 Å². The first-order valence-electron chi connectivity index (χ1n) is 5.92. The summed E-state index contributed by atoms with van der Waals surface area (Å²) in [6.45, 7) is 1.87. The lowest BCUT2D eigenvalue weighted by molar-refractivity contribution is 0.624. The van der Waals surface area contributed by atoms with Crippen LogP contribution in [0.5, 0.6) is 0 Å². The van der Waals surface area contributed by atoms with Crippen molar-refractivity contribution in [2.24, 2.45) is 0 Å². The highest BCUT2D eigenvalue weighted by atomic mass is 35.5. The van der Waals surface area contributed by atoms with E-state index >= 15 is 0 Å². The fourth-order valence-electron chi connectivity index (χ4n) is 1.83. The molecule has 102 valence electrons. The molecule has 0 bridgehead atoms. The Hall–Kier alpha value is -1.76. The predicted octanol–water partition coefficient (Wildman–Crippen LogP) is 5.18. The minimum absolute atomic E-state index is 0.0846. The van der Waals surface area contributed by atoms with E-state index in [1.165, 1.54) is 12.1 Å². The summed E-state index contributed by atoms with van der Waals surface area (Å²) < 4.78 is 13.5. The fraction of sp³-hybridized carbons (Fsp3) is 0.133. The average Bonchev–Trinajstić information content (AvgIpc) is 2.42. The normalized spacial score (nSPS) is 11.8. The molecule has 0 aromatic heterocycles. The molecule has 1 N–H and O–H groups in total. The highest BCUT2D eigenvalue weighted by Gasteiger charge is 2.11. The molecule has 0 aliphatic rings. The molecule has 0 saturated heterocycles. The maximum atomic E-state index is 13.5. The molecule has 0 amide bonds. The van der Waals surface area contributed by atoms with E-state index < -0.39 is 5.82 Å². The van der Waals surface area contributed by atoms with Gasteiger partial charge in [0.25, 0.3) is 0 Å². The van der Waals surface area contributed by atoms with Gasteiger partial charge in [-0.25, -0.2) is 4.39 Å². The molecule has 0 fully saturated rings. The monoisotopic (exact) mass is 308 g/mol. The van der Waals surface area contributed by atoms with E-state index in [0.29, 0.717) is 16.3 Å². The van der Waals surface area contributed by atoms with Crippen molar-refractivity contribution in [3.8, 4) is 6.07 Å². The second-order valence-electron chi connectivity index (χ2n) is 4.34. The van der Waals surface area contributed by atoms with Crippen molar-refractivity contribution in [2.45, 2.75) is 13.0 Å². The van der Waals surface area contributed by atoms with Gasteiger partial charge in [-0.1, -0.05) is 29.3 Å². The van der Waals surface area contributed by atoms with Gasteiger partial charge in [0, 0.05) is 11.1 Å². The minimum Gasteiger partial charge on any atom is -0.377 e. The van der Waals surface area contributed by atoms with Crippen LogP contribution in [0.4, 0.5) is 10.1 Å². The SMILES string of the molecule is CC(Nc1cc(Cl)ccc1C#N)c1ccc(Cl)c(F)c1. The van der Waals surface area contributed by atoms with Crippen LogP contribution >= 0.6 is 23.2 Å². The zero-order valence-electron chi connectivity index (χ0n) is 10.6. The lowest BCUT2D eigenvalue weighted by atomic mass is 10.1. The molecule has 0 saturated carbocycles. The third kappa shape index (κ3) is 3.22. The van der Waals surface area contributed by atoms with E-state index in [-0.39, 0.29) is 11.1 Å². The van der Waals surface area contributed by atoms with Gasteiger partial charge in [0.05, 0.1) is 16.3 Å². The molecule has 20 heavy (non-hydrogen) atoms. The van der Waals surface area contributed by atoms with Crippen LogP contribution in [-0.4, -0.2) is 0 Å². The van der Waals surface area contributed by atoms with Gasteiger partial charge in [-0.15, -0.1) is 0 Å². The zero-order chi connectivity index (χ0) is 14.7. The first-order valence-corrected chi connectivity index (χ1v) is 6.68. The quantitative estimate of drug-likeness (QED) is 0.848. The Balaban J connectivity index is 2.27. The van der Waals surface area contributed by atoms with Crippen LogP contribution in [0.25, 0.3) is 0 Å². The summed E-state index contributed by atoms with van der Waals surface area (Å²) in [4.78, 5) is 0. The van der Waals surface area contributed by atoms with Crippen molar-refractivity contribution < 1.29 is 4.39 Å². The van der Waals surface area contributed by atoms with Gasteiger partial charge < -0.3 is 5.32 Å². The highest BCUT2D eigenvalue weighted by molar-refractivity contribution is 6.31. The molecule has 5 heteroatoms. The largest absolute Gasteiger partial charge is 0.377 e. The maximum absolute atomic E-state index is 13.5. The van der Waals surface area contributed by atoms with Crippen LogP contribution in [0, 0.1) is 17.1 Å². The number of anilines is 1. The second kappa shape index (κ2) is 6.13. The number of hydrogen-bond acceptors (Lipinski definition) is 2. The molecule has 0 heterocycles. The highest BCUT2D eigenvalue weighted by Crippen LogP contribution is 2.26. The number of hydrogen-bond donors (Lipinski definition) is 1. The first kappa shape index (κ1) is 14.6. The number of rotatable bonds is 3. The van der Waals surface area contributed by atoms with Gasteiger partial charge in [0.15, 0.2) is 0 Å². The topological polar surface area (TPSA) is 35.8 Å². The Bertz CT molecular complexity index is 680. The van der Waals surface area contributed by atoms with E-state index in [0.717, 1.165) is 5.56 Å². The molecule has 1 atom stereocenters. The lowest BCUT2D eigenvalue weighted by Gasteiger charge is -2.17.